The number of aryl methyl sites for hydroxylation is 1. The molecule has 0 spiro atoms. The van der Waals surface area contributed by atoms with Gasteiger partial charge in [-0.15, -0.1) is 0 Å². The molecule has 0 aromatic carbocycles. The number of ether oxygens (including phenoxy) is 1. The van der Waals surface area contributed by atoms with E-state index in [-0.39, 0.29) is 18.1 Å². The van der Waals surface area contributed by atoms with Crippen molar-refractivity contribution < 1.29 is 14.3 Å². The van der Waals surface area contributed by atoms with Crippen LogP contribution in [0.5, 0.6) is 0 Å². The molecular formula is C14H23N3O3. The zero-order chi connectivity index (χ0) is 15.3. The first-order valence-electron chi connectivity index (χ1n) is 6.66. The Morgan fingerprint density at radius 3 is 2.60 bits per heavy atom. The number of rotatable bonds is 5. The minimum atomic E-state index is -0.542. The molecule has 6 heteroatoms. The third kappa shape index (κ3) is 4.95. The van der Waals surface area contributed by atoms with Crippen molar-refractivity contribution in [1.82, 2.24) is 9.88 Å². The number of hydrogen-bond donors (Lipinski definition) is 2. The van der Waals surface area contributed by atoms with Crippen LogP contribution in [0.1, 0.15) is 44.6 Å². The molecule has 0 fully saturated rings. The molecule has 6 nitrogen and oxygen atoms in total. The first kappa shape index (κ1) is 16.1. The van der Waals surface area contributed by atoms with Gasteiger partial charge < -0.3 is 20.4 Å². The van der Waals surface area contributed by atoms with Gasteiger partial charge in [-0.1, -0.05) is 6.92 Å². The second-order valence-corrected chi connectivity index (χ2v) is 5.73. The van der Waals surface area contributed by atoms with Crippen molar-refractivity contribution in [2.45, 2.75) is 46.2 Å². The van der Waals surface area contributed by atoms with E-state index in [1.54, 1.807) is 16.8 Å². The van der Waals surface area contributed by atoms with Crippen LogP contribution in [0.25, 0.3) is 0 Å². The number of anilines is 1. The Hall–Kier alpha value is -1.98. The van der Waals surface area contributed by atoms with Crippen LogP contribution in [-0.2, 0) is 16.1 Å². The topological polar surface area (TPSA) is 86.3 Å². The predicted octanol–water partition coefficient (Wildman–Crippen LogP) is 1.55. The molecule has 0 saturated heterocycles. The van der Waals surface area contributed by atoms with Gasteiger partial charge in [-0.3, -0.25) is 4.79 Å². The molecule has 0 aliphatic rings. The molecule has 0 radical (unpaired) electrons. The number of carbonyl (C=O) groups is 2. The summed E-state index contributed by atoms with van der Waals surface area (Å²) in [5.41, 5.74) is 6.20. The number of esters is 1. The second-order valence-electron chi connectivity index (χ2n) is 5.73. The fourth-order valence-corrected chi connectivity index (χ4v) is 1.79. The van der Waals surface area contributed by atoms with Crippen molar-refractivity contribution in [3.8, 4) is 0 Å². The van der Waals surface area contributed by atoms with Gasteiger partial charge in [0.25, 0.3) is 5.91 Å². The zero-order valence-electron chi connectivity index (χ0n) is 12.5. The normalized spacial score (nSPS) is 11.2. The van der Waals surface area contributed by atoms with E-state index in [0.29, 0.717) is 17.9 Å². The summed E-state index contributed by atoms with van der Waals surface area (Å²) in [5, 5.41) is 2.72. The molecule has 1 heterocycles. The van der Waals surface area contributed by atoms with Gasteiger partial charge in [0, 0.05) is 18.3 Å². The van der Waals surface area contributed by atoms with Gasteiger partial charge in [0.15, 0.2) is 6.61 Å². The van der Waals surface area contributed by atoms with Crippen molar-refractivity contribution in [3.63, 3.8) is 0 Å². The molecule has 0 unspecified atom stereocenters. The van der Waals surface area contributed by atoms with Gasteiger partial charge in [0.1, 0.15) is 5.69 Å². The second kappa shape index (κ2) is 6.45. The lowest BCUT2D eigenvalue weighted by Crippen LogP contribution is -2.42. The molecule has 1 aromatic heterocycles. The van der Waals surface area contributed by atoms with Crippen LogP contribution in [0, 0.1) is 0 Å². The molecule has 0 aliphatic carbocycles. The lowest BCUT2D eigenvalue weighted by molar-refractivity contribution is -0.125. The quantitative estimate of drug-likeness (QED) is 0.802. The fourth-order valence-electron chi connectivity index (χ4n) is 1.79. The molecule has 0 bridgehead atoms. The van der Waals surface area contributed by atoms with Gasteiger partial charge in [-0.05, 0) is 33.3 Å². The highest BCUT2D eigenvalue weighted by molar-refractivity contribution is 5.91. The van der Waals surface area contributed by atoms with Gasteiger partial charge in [-0.2, -0.15) is 0 Å². The highest BCUT2D eigenvalue weighted by atomic mass is 16.5. The van der Waals surface area contributed by atoms with E-state index in [9.17, 15) is 9.59 Å². The summed E-state index contributed by atoms with van der Waals surface area (Å²) in [6.07, 6.45) is 2.56. The number of amides is 1. The van der Waals surface area contributed by atoms with Crippen molar-refractivity contribution >= 4 is 17.6 Å². The van der Waals surface area contributed by atoms with Crippen molar-refractivity contribution in [2.24, 2.45) is 0 Å². The molecule has 1 amide bonds. The summed E-state index contributed by atoms with van der Waals surface area (Å²) in [7, 11) is 0. The van der Waals surface area contributed by atoms with E-state index in [1.807, 2.05) is 27.7 Å². The third-order valence-electron chi connectivity index (χ3n) is 2.44. The van der Waals surface area contributed by atoms with Crippen LogP contribution in [0.3, 0.4) is 0 Å². The molecular weight excluding hydrogens is 258 g/mol. The summed E-state index contributed by atoms with van der Waals surface area (Å²) >= 11 is 0. The predicted molar refractivity (Wildman–Crippen MR) is 77.3 cm³/mol. The van der Waals surface area contributed by atoms with Gasteiger partial charge in [0.2, 0.25) is 0 Å². The Kier molecular flexibility index (Phi) is 5.19. The SMILES string of the molecule is CCCn1cc(N)cc1C(=O)OCC(=O)NC(C)(C)C. The first-order chi connectivity index (χ1) is 9.23. The van der Waals surface area contributed by atoms with E-state index < -0.39 is 5.97 Å². The molecule has 0 atom stereocenters. The smallest absolute Gasteiger partial charge is 0.355 e. The number of aromatic nitrogens is 1. The number of carbonyl (C=O) groups excluding carboxylic acids is 2. The summed E-state index contributed by atoms with van der Waals surface area (Å²) in [4.78, 5) is 23.5. The van der Waals surface area contributed by atoms with E-state index in [0.717, 1.165) is 6.42 Å². The number of nitrogens with two attached hydrogens (primary N) is 1. The minimum Gasteiger partial charge on any atom is -0.451 e. The molecule has 1 rings (SSSR count). The van der Waals surface area contributed by atoms with Crippen LogP contribution in [0.2, 0.25) is 0 Å². The standard InChI is InChI=1S/C14H23N3O3/c1-5-6-17-8-10(15)7-11(17)13(19)20-9-12(18)16-14(2,3)4/h7-8H,5-6,9,15H2,1-4H3,(H,16,18). The van der Waals surface area contributed by atoms with Gasteiger partial charge in [0.05, 0.1) is 5.69 Å². The summed E-state index contributed by atoms with van der Waals surface area (Å²) < 4.78 is 6.74. The van der Waals surface area contributed by atoms with Gasteiger partial charge >= 0.3 is 5.97 Å². The van der Waals surface area contributed by atoms with E-state index in [1.165, 1.54) is 0 Å². The largest absolute Gasteiger partial charge is 0.451 e. The molecule has 3 N–H and O–H groups in total. The fraction of sp³-hybridized carbons (Fsp3) is 0.571. The van der Waals surface area contributed by atoms with Crippen molar-refractivity contribution in [3.05, 3.63) is 18.0 Å². The Morgan fingerprint density at radius 1 is 1.40 bits per heavy atom. The molecule has 1 aromatic rings. The Balaban J connectivity index is 2.61. The van der Waals surface area contributed by atoms with Crippen LogP contribution in [0.15, 0.2) is 12.3 Å². The van der Waals surface area contributed by atoms with Crippen LogP contribution < -0.4 is 11.1 Å². The lowest BCUT2D eigenvalue weighted by atomic mass is 10.1. The Labute approximate surface area is 119 Å². The molecule has 112 valence electrons. The van der Waals surface area contributed by atoms with Gasteiger partial charge in [-0.25, -0.2) is 4.79 Å². The molecule has 20 heavy (non-hydrogen) atoms. The minimum absolute atomic E-state index is 0.298. The monoisotopic (exact) mass is 281 g/mol. The third-order valence-corrected chi connectivity index (χ3v) is 2.44. The first-order valence-corrected chi connectivity index (χ1v) is 6.66. The van der Waals surface area contributed by atoms with Crippen LogP contribution in [0.4, 0.5) is 5.69 Å². The van der Waals surface area contributed by atoms with Crippen molar-refractivity contribution in [2.75, 3.05) is 12.3 Å². The van der Waals surface area contributed by atoms with E-state index in [2.05, 4.69) is 5.32 Å². The van der Waals surface area contributed by atoms with E-state index in [4.69, 9.17) is 10.5 Å². The highest BCUT2D eigenvalue weighted by Gasteiger charge is 2.18. The average molecular weight is 281 g/mol. The zero-order valence-corrected chi connectivity index (χ0v) is 12.5. The highest BCUT2D eigenvalue weighted by Crippen LogP contribution is 2.12. The molecule has 0 saturated carbocycles. The Bertz CT molecular complexity index is 486. The average Bonchev–Trinajstić information content (AvgIpc) is 2.65. The van der Waals surface area contributed by atoms with Crippen LogP contribution in [-0.4, -0.2) is 28.6 Å². The van der Waals surface area contributed by atoms with Crippen molar-refractivity contribution in [1.29, 1.82) is 0 Å². The van der Waals surface area contributed by atoms with Crippen LogP contribution >= 0.6 is 0 Å². The number of nitrogens with zero attached hydrogens (tertiary/aromatic N) is 1. The Morgan fingerprint density at radius 2 is 2.05 bits per heavy atom. The number of nitrogens with one attached hydrogen (secondary N) is 1. The number of nitrogen functional groups attached to an aromatic ring is 1. The summed E-state index contributed by atoms with van der Waals surface area (Å²) in [6.45, 7) is 7.96. The lowest BCUT2D eigenvalue weighted by Gasteiger charge is -2.20. The maximum absolute atomic E-state index is 11.9. The summed E-state index contributed by atoms with van der Waals surface area (Å²) in [6, 6.07) is 1.56. The summed E-state index contributed by atoms with van der Waals surface area (Å²) in [5.74, 6) is -0.869. The molecule has 0 aliphatic heterocycles. The maximum atomic E-state index is 11.9. The number of hydrogen-bond acceptors (Lipinski definition) is 4. The maximum Gasteiger partial charge on any atom is 0.355 e. The van der Waals surface area contributed by atoms with E-state index >= 15 is 0 Å².